The molecular weight excluding hydrogens is 324 g/mol. The molecule has 1 aromatic carbocycles. The zero-order valence-electron chi connectivity index (χ0n) is 13.9. The van der Waals surface area contributed by atoms with Crippen LogP contribution in [0.3, 0.4) is 0 Å². The summed E-state index contributed by atoms with van der Waals surface area (Å²) in [5.74, 6) is 0.942. The molecule has 6 heteroatoms. The monoisotopic (exact) mass is 348 g/mol. The number of rotatable bonds is 5. The molecule has 0 radical (unpaired) electrons. The maximum absolute atomic E-state index is 12.2. The van der Waals surface area contributed by atoms with Crippen LogP contribution in [0.25, 0.3) is 5.69 Å². The van der Waals surface area contributed by atoms with E-state index >= 15 is 0 Å². The maximum Gasteiger partial charge on any atom is 0.229 e. The quantitative estimate of drug-likeness (QED) is 0.868. The van der Waals surface area contributed by atoms with Gasteiger partial charge in [-0.3, -0.25) is 4.79 Å². The van der Waals surface area contributed by atoms with E-state index in [9.17, 15) is 4.79 Å². The highest BCUT2D eigenvalue weighted by atomic mass is 35.5. The van der Waals surface area contributed by atoms with Crippen LogP contribution in [0, 0.1) is 5.92 Å². The summed E-state index contributed by atoms with van der Waals surface area (Å²) >= 11 is 0. The number of nitrogens with zero attached hydrogens (tertiary/aromatic N) is 2. The molecule has 3 N–H and O–H groups in total. The number of carbonyl (C=O) groups is 1. The van der Waals surface area contributed by atoms with Gasteiger partial charge in [0.1, 0.15) is 5.82 Å². The zero-order chi connectivity index (χ0) is 16.2. The number of nitrogens with two attached hydrogens (primary N) is 1. The van der Waals surface area contributed by atoms with Crippen molar-refractivity contribution in [2.45, 2.75) is 38.5 Å². The van der Waals surface area contributed by atoms with E-state index in [2.05, 4.69) is 5.32 Å². The van der Waals surface area contributed by atoms with E-state index < -0.39 is 0 Å². The third kappa shape index (κ3) is 3.97. The number of aromatic nitrogens is 2. The third-order valence-electron chi connectivity index (χ3n) is 4.55. The van der Waals surface area contributed by atoms with E-state index in [1.807, 2.05) is 48.0 Å². The molecule has 2 aromatic rings. The van der Waals surface area contributed by atoms with Gasteiger partial charge in [0.25, 0.3) is 0 Å². The third-order valence-corrected chi connectivity index (χ3v) is 4.55. The lowest BCUT2D eigenvalue weighted by molar-refractivity contribution is -0.119. The summed E-state index contributed by atoms with van der Waals surface area (Å²) in [7, 11) is 0. The van der Waals surface area contributed by atoms with Gasteiger partial charge in [-0.15, -0.1) is 12.4 Å². The average Bonchev–Trinajstić information content (AvgIpc) is 3.24. The SMILES string of the molecule is CC(CN)C(=O)Nc1cc(C2CCCC2)nn1-c1ccccc1.Cl. The Kier molecular flexibility index (Phi) is 6.40. The van der Waals surface area contributed by atoms with Crippen LogP contribution >= 0.6 is 12.4 Å². The largest absolute Gasteiger partial charge is 0.330 e. The molecule has 1 fully saturated rings. The first-order chi connectivity index (χ1) is 11.2. The number of hydrogen-bond acceptors (Lipinski definition) is 3. The van der Waals surface area contributed by atoms with Gasteiger partial charge in [-0.1, -0.05) is 38.0 Å². The van der Waals surface area contributed by atoms with Crippen molar-refractivity contribution in [2.24, 2.45) is 11.7 Å². The summed E-state index contributed by atoms with van der Waals surface area (Å²) in [5.41, 5.74) is 7.62. The fourth-order valence-electron chi connectivity index (χ4n) is 3.03. The summed E-state index contributed by atoms with van der Waals surface area (Å²) in [6.45, 7) is 2.16. The molecule has 5 nitrogen and oxygen atoms in total. The molecule has 1 unspecified atom stereocenters. The lowest BCUT2D eigenvalue weighted by Crippen LogP contribution is -2.27. The topological polar surface area (TPSA) is 72.9 Å². The molecule has 0 aliphatic heterocycles. The van der Waals surface area contributed by atoms with Crippen LogP contribution in [0.5, 0.6) is 0 Å². The summed E-state index contributed by atoms with van der Waals surface area (Å²) in [4.78, 5) is 12.2. The summed E-state index contributed by atoms with van der Waals surface area (Å²) in [6, 6.07) is 11.9. The number of carbonyl (C=O) groups excluding carboxylic acids is 1. The molecule has 130 valence electrons. The lowest BCUT2D eigenvalue weighted by Gasteiger charge is -2.11. The van der Waals surface area contributed by atoms with Crippen molar-refractivity contribution in [3.8, 4) is 5.69 Å². The van der Waals surface area contributed by atoms with Gasteiger partial charge in [0.05, 0.1) is 11.4 Å². The van der Waals surface area contributed by atoms with Crippen molar-refractivity contribution in [2.75, 3.05) is 11.9 Å². The van der Waals surface area contributed by atoms with Crippen molar-refractivity contribution in [3.05, 3.63) is 42.1 Å². The molecule has 1 heterocycles. The Bertz CT molecular complexity index is 665. The van der Waals surface area contributed by atoms with Crippen LogP contribution in [0.4, 0.5) is 5.82 Å². The molecule has 1 saturated carbocycles. The molecule has 0 saturated heterocycles. The predicted molar refractivity (Wildman–Crippen MR) is 98.9 cm³/mol. The fourth-order valence-corrected chi connectivity index (χ4v) is 3.03. The van der Waals surface area contributed by atoms with Gasteiger partial charge in [0, 0.05) is 24.4 Å². The molecule has 1 amide bonds. The molecular formula is C18H25ClN4O. The van der Waals surface area contributed by atoms with Crippen molar-refractivity contribution in [3.63, 3.8) is 0 Å². The smallest absolute Gasteiger partial charge is 0.229 e. The first kappa shape index (κ1) is 18.5. The van der Waals surface area contributed by atoms with E-state index in [1.54, 1.807) is 0 Å². The van der Waals surface area contributed by atoms with Crippen LogP contribution < -0.4 is 11.1 Å². The van der Waals surface area contributed by atoms with Gasteiger partial charge in [-0.05, 0) is 25.0 Å². The predicted octanol–water partition coefficient (Wildman–Crippen LogP) is 3.49. The van der Waals surface area contributed by atoms with Crippen molar-refractivity contribution in [1.29, 1.82) is 0 Å². The van der Waals surface area contributed by atoms with Gasteiger partial charge < -0.3 is 11.1 Å². The van der Waals surface area contributed by atoms with Crippen LogP contribution in [-0.4, -0.2) is 22.2 Å². The van der Waals surface area contributed by atoms with Crippen LogP contribution in [-0.2, 0) is 4.79 Å². The minimum Gasteiger partial charge on any atom is -0.330 e. The number of amides is 1. The van der Waals surface area contributed by atoms with E-state index in [1.165, 1.54) is 25.7 Å². The van der Waals surface area contributed by atoms with Gasteiger partial charge >= 0.3 is 0 Å². The number of nitrogens with one attached hydrogen (secondary N) is 1. The summed E-state index contributed by atoms with van der Waals surface area (Å²) in [6.07, 6.45) is 4.88. The van der Waals surface area contributed by atoms with E-state index in [-0.39, 0.29) is 24.2 Å². The standard InChI is InChI=1S/C18H24N4O.ClH/c1-13(12-19)18(23)20-17-11-16(14-7-5-6-8-14)21-22(17)15-9-3-2-4-10-15;/h2-4,9-11,13-14H,5-8,12,19H2,1H3,(H,20,23);1H. The molecule has 3 rings (SSSR count). The Labute approximate surface area is 149 Å². The average molecular weight is 349 g/mol. The Morgan fingerprint density at radius 3 is 2.62 bits per heavy atom. The molecule has 1 aliphatic rings. The highest BCUT2D eigenvalue weighted by Gasteiger charge is 2.23. The minimum absolute atomic E-state index is 0. The van der Waals surface area contributed by atoms with Crippen molar-refractivity contribution < 1.29 is 4.79 Å². The van der Waals surface area contributed by atoms with Crippen molar-refractivity contribution >= 4 is 24.1 Å². The molecule has 0 spiro atoms. The van der Waals surface area contributed by atoms with Gasteiger partial charge in [-0.25, -0.2) is 4.68 Å². The van der Waals surface area contributed by atoms with Crippen LogP contribution in [0.2, 0.25) is 0 Å². The molecule has 1 atom stereocenters. The first-order valence-corrected chi connectivity index (χ1v) is 8.35. The number of hydrogen-bond donors (Lipinski definition) is 2. The fraction of sp³-hybridized carbons (Fsp3) is 0.444. The number of benzene rings is 1. The number of para-hydroxylation sites is 1. The highest BCUT2D eigenvalue weighted by molar-refractivity contribution is 5.92. The van der Waals surface area contributed by atoms with E-state index in [4.69, 9.17) is 10.8 Å². The molecule has 1 aromatic heterocycles. The lowest BCUT2D eigenvalue weighted by atomic mass is 10.0. The second-order valence-corrected chi connectivity index (χ2v) is 6.31. The van der Waals surface area contributed by atoms with Crippen LogP contribution in [0.1, 0.15) is 44.2 Å². The Morgan fingerprint density at radius 1 is 1.33 bits per heavy atom. The zero-order valence-corrected chi connectivity index (χ0v) is 14.8. The Morgan fingerprint density at radius 2 is 2.00 bits per heavy atom. The summed E-state index contributed by atoms with van der Waals surface area (Å²) in [5, 5.41) is 7.76. The second-order valence-electron chi connectivity index (χ2n) is 6.31. The maximum atomic E-state index is 12.2. The Balaban J connectivity index is 0.00000208. The van der Waals surface area contributed by atoms with Gasteiger partial charge in [-0.2, -0.15) is 5.10 Å². The second kappa shape index (κ2) is 8.31. The minimum atomic E-state index is -0.218. The molecule has 0 bridgehead atoms. The number of anilines is 1. The first-order valence-electron chi connectivity index (χ1n) is 8.35. The number of halogens is 1. The van der Waals surface area contributed by atoms with Gasteiger partial charge in [0.15, 0.2) is 0 Å². The van der Waals surface area contributed by atoms with E-state index in [0.29, 0.717) is 12.5 Å². The summed E-state index contributed by atoms with van der Waals surface area (Å²) < 4.78 is 1.83. The van der Waals surface area contributed by atoms with Gasteiger partial charge in [0.2, 0.25) is 5.91 Å². The van der Waals surface area contributed by atoms with Crippen LogP contribution in [0.15, 0.2) is 36.4 Å². The highest BCUT2D eigenvalue weighted by Crippen LogP contribution is 2.35. The normalized spacial score (nSPS) is 15.8. The Hall–Kier alpha value is -1.85. The molecule has 24 heavy (non-hydrogen) atoms. The molecule has 1 aliphatic carbocycles. The van der Waals surface area contributed by atoms with Crippen molar-refractivity contribution in [1.82, 2.24) is 9.78 Å². The van der Waals surface area contributed by atoms with E-state index in [0.717, 1.165) is 17.2 Å².